The summed E-state index contributed by atoms with van der Waals surface area (Å²) in [6.45, 7) is 0. The predicted octanol–water partition coefficient (Wildman–Crippen LogP) is 0.384. The van der Waals surface area contributed by atoms with Gasteiger partial charge in [-0.15, -0.1) is 0 Å². The first-order valence-electron chi connectivity index (χ1n) is 8.00. The average molecular weight is 381 g/mol. The van der Waals surface area contributed by atoms with Crippen LogP contribution in [0.3, 0.4) is 0 Å². The monoisotopic (exact) mass is 381 g/mol. The zero-order chi connectivity index (χ0) is 20.4. The van der Waals surface area contributed by atoms with Crippen molar-refractivity contribution in [2.24, 2.45) is 5.92 Å². The van der Waals surface area contributed by atoms with E-state index in [-0.39, 0.29) is 0 Å². The maximum Gasteiger partial charge on any atom is 0.329 e. The van der Waals surface area contributed by atoms with E-state index in [0.29, 0.717) is 5.56 Å². The van der Waals surface area contributed by atoms with Crippen molar-refractivity contribution >= 4 is 23.8 Å². The minimum Gasteiger partial charge on any atom is -0.469 e. The first kappa shape index (κ1) is 22.1. The third-order valence-corrected chi connectivity index (χ3v) is 3.85. The third-order valence-electron chi connectivity index (χ3n) is 3.85. The molecular weight excluding hydrogens is 358 g/mol. The van der Waals surface area contributed by atoms with Gasteiger partial charge in [0, 0.05) is 7.11 Å². The topological polar surface area (TPSA) is 117 Å². The maximum atomic E-state index is 12.7. The van der Waals surface area contributed by atoms with Crippen molar-refractivity contribution in [3.63, 3.8) is 0 Å². The molecule has 1 aromatic rings. The van der Waals surface area contributed by atoms with Gasteiger partial charge in [-0.05, 0) is 5.56 Å². The van der Waals surface area contributed by atoms with E-state index in [1.54, 1.807) is 30.3 Å². The highest BCUT2D eigenvalue weighted by Gasteiger charge is 2.39. The summed E-state index contributed by atoms with van der Waals surface area (Å²) in [4.78, 5) is 48.6. The molecule has 0 unspecified atom stereocenters. The van der Waals surface area contributed by atoms with E-state index < -0.39 is 48.3 Å². The molecule has 0 radical (unpaired) electrons. The lowest BCUT2D eigenvalue weighted by Crippen LogP contribution is -2.51. The van der Waals surface area contributed by atoms with Crippen molar-refractivity contribution < 1.29 is 38.1 Å². The number of rotatable bonds is 9. The molecular formula is C18H23NO8. The first-order valence-corrected chi connectivity index (χ1v) is 8.00. The zero-order valence-corrected chi connectivity index (χ0v) is 15.6. The van der Waals surface area contributed by atoms with Gasteiger partial charge in [0.25, 0.3) is 5.91 Å². The van der Waals surface area contributed by atoms with Crippen molar-refractivity contribution in [3.05, 3.63) is 35.9 Å². The Balaban J connectivity index is 3.13. The molecule has 1 aromatic carbocycles. The fourth-order valence-corrected chi connectivity index (χ4v) is 2.45. The molecule has 9 heteroatoms. The zero-order valence-electron chi connectivity index (χ0n) is 15.6. The van der Waals surface area contributed by atoms with Crippen LogP contribution in [-0.4, -0.2) is 58.3 Å². The molecule has 0 aliphatic rings. The van der Waals surface area contributed by atoms with E-state index in [4.69, 9.17) is 4.74 Å². The third kappa shape index (κ3) is 6.07. The van der Waals surface area contributed by atoms with Gasteiger partial charge < -0.3 is 24.3 Å². The van der Waals surface area contributed by atoms with Crippen molar-refractivity contribution in [1.29, 1.82) is 0 Å². The molecule has 27 heavy (non-hydrogen) atoms. The number of esters is 3. The van der Waals surface area contributed by atoms with Crippen molar-refractivity contribution in [3.8, 4) is 0 Å². The Morgan fingerprint density at radius 1 is 0.889 bits per heavy atom. The van der Waals surface area contributed by atoms with E-state index in [0.717, 1.165) is 21.3 Å². The van der Waals surface area contributed by atoms with Crippen LogP contribution in [0.4, 0.5) is 0 Å². The van der Waals surface area contributed by atoms with Gasteiger partial charge in [0.1, 0.15) is 6.04 Å². The fraction of sp³-hybridized carbons (Fsp3) is 0.444. The van der Waals surface area contributed by atoms with Crippen LogP contribution in [0.5, 0.6) is 0 Å². The predicted molar refractivity (Wildman–Crippen MR) is 92.3 cm³/mol. The Morgan fingerprint density at radius 3 is 1.96 bits per heavy atom. The van der Waals surface area contributed by atoms with Crippen molar-refractivity contribution in [1.82, 2.24) is 5.32 Å². The Hall–Kier alpha value is -2.94. The molecule has 0 saturated carbocycles. The number of carbonyl (C=O) groups is 4. The van der Waals surface area contributed by atoms with E-state index in [2.05, 4.69) is 19.5 Å². The molecule has 0 bridgehead atoms. The number of carbonyl (C=O) groups excluding carboxylic acids is 4. The van der Waals surface area contributed by atoms with Gasteiger partial charge >= 0.3 is 17.9 Å². The minimum absolute atomic E-state index is 0.480. The second-order valence-corrected chi connectivity index (χ2v) is 5.45. The number of hydrogen-bond acceptors (Lipinski definition) is 8. The molecule has 0 aromatic heterocycles. The Bertz CT molecular complexity index is 661. The highest BCUT2D eigenvalue weighted by atomic mass is 16.5. The second kappa shape index (κ2) is 10.9. The van der Waals surface area contributed by atoms with Crippen LogP contribution < -0.4 is 5.32 Å². The number of nitrogens with one attached hydrogen (secondary N) is 1. The number of methoxy groups -OCH3 is 4. The molecule has 9 nitrogen and oxygen atoms in total. The summed E-state index contributed by atoms with van der Waals surface area (Å²) in [7, 11) is 4.67. The second-order valence-electron chi connectivity index (χ2n) is 5.45. The molecule has 1 rings (SSSR count). The molecule has 1 amide bonds. The summed E-state index contributed by atoms with van der Waals surface area (Å²) in [5.41, 5.74) is 0.545. The normalized spacial score (nSPS) is 13.6. The number of ether oxygens (including phenoxy) is 4. The van der Waals surface area contributed by atoms with Gasteiger partial charge in [0.2, 0.25) is 0 Å². The molecule has 0 spiro atoms. The molecule has 0 aliphatic heterocycles. The van der Waals surface area contributed by atoms with E-state index in [9.17, 15) is 19.2 Å². The van der Waals surface area contributed by atoms with Gasteiger partial charge in [-0.2, -0.15) is 0 Å². The van der Waals surface area contributed by atoms with Crippen LogP contribution in [0.1, 0.15) is 18.1 Å². The molecule has 1 N–H and O–H groups in total. The summed E-state index contributed by atoms with van der Waals surface area (Å²) in [5.74, 6) is -4.54. The Morgan fingerprint density at radius 2 is 1.48 bits per heavy atom. The summed E-state index contributed by atoms with van der Waals surface area (Å²) in [6, 6.07) is 7.10. The summed E-state index contributed by atoms with van der Waals surface area (Å²) < 4.78 is 19.1. The Kier molecular flexibility index (Phi) is 8.94. The molecule has 148 valence electrons. The van der Waals surface area contributed by atoms with E-state index in [1.807, 2.05) is 0 Å². The van der Waals surface area contributed by atoms with Crippen LogP contribution in [0.2, 0.25) is 0 Å². The van der Waals surface area contributed by atoms with Crippen LogP contribution in [-0.2, 0) is 38.1 Å². The standard InChI is InChI=1S/C18H23NO8/c1-24-13(20)10-12(17(22)26-3)14(18(23)27-4)19-16(21)15(25-2)11-8-6-5-7-9-11/h5-9,12,14-15H,10H2,1-4H3,(H,19,21)/t12-,14+,15+/m1/s1. The number of hydrogen-bond donors (Lipinski definition) is 1. The maximum absolute atomic E-state index is 12.7. The molecule has 3 atom stereocenters. The molecule has 0 fully saturated rings. The smallest absolute Gasteiger partial charge is 0.329 e. The van der Waals surface area contributed by atoms with Crippen LogP contribution >= 0.6 is 0 Å². The van der Waals surface area contributed by atoms with E-state index >= 15 is 0 Å². The lowest BCUT2D eigenvalue weighted by molar-refractivity contribution is -0.160. The van der Waals surface area contributed by atoms with Crippen LogP contribution in [0.25, 0.3) is 0 Å². The lowest BCUT2D eigenvalue weighted by atomic mass is 9.95. The van der Waals surface area contributed by atoms with Gasteiger partial charge in [-0.1, -0.05) is 30.3 Å². The lowest BCUT2D eigenvalue weighted by Gasteiger charge is -2.25. The van der Waals surface area contributed by atoms with Crippen molar-refractivity contribution in [2.45, 2.75) is 18.6 Å². The molecule has 0 heterocycles. The number of amides is 1. The van der Waals surface area contributed by atoms with Crippen LogP contribution in [0.15, 0.2) is 30.3 Å². The quantitative estimate of drug-likeness (QED) is 0.482. The number of benzene rings is 1. The largest absolute Gasteiger partial charge is 0.469 e. The first-order chi connectivity index (χ1) is 12.9. The Labute approximate surface area is 156 Å². The van der Waals surface area contributed by atoms with Gasteiger partial charge in [0.05, 0.1) is 33.7 Å². The summed E-state index contributed by atoms with van der Waals surface area (Å²) >= 11 is 0. The highest BCUT2D eigenvalue weighted by molar-refractivity contribution is 5.92. The SMILES string of the molecule is COC(=O)C[C@@H](C(=O)OC)[C@H](NC(=O)[C@@H](OC)c1ccccc1)C(=O)OC. The van der Waals surface area contributed by atoms with Crippen molar-refractivity contribution in [2.75, 3.05) is 28.4 Å². The minimum atomic E-state index is -1.46. The molecule has 0 aliphatic carbocycles. The van der Waals surface area contributed by atoms with Gasteiger partial charge in [-0.25, -0.2) is 4.79 Å². The van der Waals surface area contributed by atoms with Gasteiger partial charge in [0.15, 0.2) is 6.10 Å². The summed E-state index contributed by atoms with van der Waals surface area (Å²) in [5, 5.41) is 2.41. The van der Waals surface area contributed by atoms with E-state index in [1.165, 1.54) is 7.11 Å². The molecule has 0 saturated heterocycles. The summed E-state index contributed by atoms with van der Waals surface area (Å²) in [6.07, 6.45) is -1.51. The fourth-order valence-electron chi connectivity index (χ4n) is 2.45. The highest BCUT2D eigenvalue weighted by Crippen LogP contribution is 2.19. The average Bonchev–Trinajstić information content (AvgIpc) is 2.70. The van der Waals surface area contributed by atoms with Crippen LogP contribution in [0, 0.1) is 5.92 Å². The van der Waals surface area contributed by atoms with Gasteiger partial charge in [-0.3, -0.25) is 14.4 Å².